The van der Waals surface area contributed by atoms with E-state index >= 15 is 0 Å². The van der Waals surface area contributed by atoms with Crippen LogP contribution in [-0.2, 0) is 16.1 Å². The number of rotatable bonds is 9. The van der Waals surface area contributed by atoms with Gasteiger partial charge >= 0.3 is 0 Å². The fourth-order valence-electron chi connectivity index (χ4n) is 4.27. The molecule has 1 aliphatic carbocycles. The van der Waals surface area contributed by atoms with Gasteiger partial charge in [-0.3, -0.25) is 14.9 Å². The van der Waals surface area contributed by atoms with Gasteiger partial charge in [-0.15, -0.1) is 0 Å². The Morgan fingerprint density at radius 1 is 1.00 bits per heavy atom. The summed E-state index contributed by atoms with van der Waals surface area (Å²) in [5, 5.41) is 9.32. The van der Waals surface area contributed by atoms with Crippen molar-refractivity contribution in [1.29, 1.82) is 0 Å². The van der Waals surface area contributed by atoms with Gasteiger partial charge in [0.05, 0.1) is 24.2 Å². The summed E-state index contributed by atoms with van der Waals surface area (Å²) in [5.41, 5.74) is 8.66. The highest BCUT2D eigenvalue weighted by Crippen LogP contribution is 2.21. The van der Waals surface area contributed by atoms with Gasteiger partial charge in [-0.25, -0.2) is 0 Å². The largest absolute Gasteiger partial charge is 0.468 e. The zero-order valence-corrected chi connectivity index (χ0v) is 19.7. The number of hydrogen-bond donors (Lipinski definition) is 4. The van der Waals surface area contributed by atoms with Gasteiger partial charge in [0.25, 0.3) is 0 Å². The molecule has 0 spiro atoms. The Hall–Kier alpha value is -3.84. The van der Waals surface area contributed by atoms with Gasteiger partial charge < -0.3 is 20.8 Å². The number of benzene rings is 2. The van der Waals surface area contributed by atoms with E-state index in [9.17, 15) is 9.59 Å². The molecule has 4 rings (SSSR count). The molecule has 1 saturated carbocycles. The van der Waals surface area contributed by atoms with Crippen LogP contribution in [0.4, 0.5) is 11.4 Å². The van der Waals surface area contributed by atoms with Gasteiger partial charge in [0.15, 0.2) is 0 Å². The summed E-state index contributed by atoms with van der Waals surface area (Å²) in [5.74, 6) is 0.466. The number of amides is 2. The van der Waals surface area contributed by atoms with Crippen molar-refractivity contribution in [2.75, 3.05) is 11.1 Å². The molecule has 3 aromatic rings. The Morgan fingerprint density at radius 3 is 2.49 bits per heavy atom. The smallest absolute Gasteiger partial charge is 0.248 e. The molecule has 1 aliphatic rings. The quantitative estimate of drug-likeness (QED) is 0.264. The molecule has 1 heterocycles. The molecule has 0 aliphatic heterocycles. The second kappa shape index (κ2) is 12.0. The number of carbonyl (C=O) groups excluding carboxylic acids is 2. The van der Waals surface area contributed by atoms with E-state index in [1.54, 1.807) is 24.5 Å². The number of para-hydroxylation sites is 2. The Balaban J connectivity index is 1.41. The Kier molecular flexibility index (Phi) is 8.35. The molecule has 1 aromatic heterocycles. The molecule has 7 nitrogen and oxygen atoms in total. The highest BCUT2D eigenvalue weighted by Gasteiger charge is 2.24. The van der Waals surface area contributed by atoms with Crippen LogP contribution in [0.25, 0.3) is 6.08 Å². The molecule has 1 unspecified atom stereocenters. The monoisotopic (exact) mass is 472 g/mol. The number of nitrogens with two attached hydrogens (primary N) is 1. The summed E-state index contributed by atoms with van der Waals surface area (Å²) >= 11 is 0. The number of carbonyl (C=O) groups is 2. The third kappa shape index (κ3) is 7.07. The topological polar surface area (TPSA) is 109 Å². The van der Waals surface area contributed by atoms with Crippen molar-refractivity contribution in [3.8, 4) is 0 Å². The van der Waals surface area contributed by atoms with Gasteiger partial charge in [0, 0.05) is 12.1 Å². The molecular formula is C28H32N4O3. The van der Waals surface area contributed by atoms with Crippen molar-refractivity contribution in [1.82, 2.24) is 10.6 Å². The normalized spacial score (nSPS) is 15.1. The number of anilines is 2. The highest BCUT2D eigenvalue weighted by atomic mass is 16.3. The molecule has 7 heteroatoms. The van der Waals surface area contributed by atoms with Crippen LogP contribution in [0.1, 0.15) is 55.0 Å². The molecule has 2 aromatic carbocycles. The molecule has 0 bridgehead atoms. The maximum absolute atomic E-state index is 13.2. The minimum Gasteiger partial charge on any atom is -0.468 e. The summed E-state index contributed by atoms with van der Waals surface area (Å²) in [7, 11) is 0. The molecule has 5 N–H and O–H groups in total. The lowest BCUT2D eigenvalue weighted by Crippen LogP contribution is -2.43. The summed E-state index contributed by atoms with van der Waals surface area (Å²) < 4.78 is 5.42. The molecule has 1 atom stereocenters. The first-order chi connectivity index (χ1) is 17.1. The zero-order chi connectivity index (χ0) is 24.5. The SMILES string of the molecule is Nc1ccccc1NC(=O)/C=C/c1ccc(C(NCc2ccco2)C(=O)NC2CCCCC2)cc1. The van der Waals surface area contributed by atoms with E-state index in [4.69, 9.17) is 10.2 Å². The van der Waals surface area contributed by atoms with E-state index < -0.39 is 6.04 Å². The summed E-state index contributed by atoms with van der Waals surface area (Å²) in [4.78, 5) is 25.5. The summed E-state index contributed by atoms with van der Waals surface area (Å²) in [6, 6.07) is 18.2. The Morgan fingerprint density at radius 2 is 1.77 bits per heavy atom. The average molecular weight is 473 g/mol. The van der Waals surface area contributed by atoms with Crippen LogP contribution in [0.15, 0.2) is 77.4 Å². The second-order valence-electron chi connectivity index (χ2n) is 8.81. The van der Waals surface area contributed by atoms with Crippen LogP contribution in [0.3, 0.4) is 0 Å². The van der Waals surface area contributed by atoms with E-state index in [0.29, 0.717) is 17.9 Å². The highest BCUT2D eigenvalue weighted by molar-refractivity contribution is 6.03. The van der Waals surface area contributed by atoms with Crippen molar-refractivity contribution in [3.05, 3.63) is 89.9 Å². The van der Waals surface area contributed by atoms with Crippen LogP contribution in [-0.4, -0.2) is 17.9 Å². The Labute approximate surface area is 205 Å². The fraction of sp³-hybridized carbons (Fsp3) is 0.286. The lowest BCUT2D eigenvalue weighted by Gasteiger charge is -2.26. The number of nitrogens with one attached hydrogen (secondary N) is 3. The van der Waals surface area contributed by atoms with Crippen LogP contribution < -0.4 is 21.7 Å². The van der Waals surface area contributed by atoms with Gasteiger partial charge in [-0.05, 0) is 54.3 Å². The first-order valence-corrected chi connectivity index (χ1v) is 12.1. The third-order valence-corrected chi connectivity index (χ3v) is 6.19. The third-order valence-electron chi connectivity index (χ3n) is 6.19. The zero-order valence-electron chi connectivity index (χ0n) is 19.7. The van der Waals surface area contributed by atoms with Crippen molar-refractivity contribution in [3.63, 3.8) is 0 Å². The van der Waals surface area contributed by atoms with E-state index in [0.717, 1.165) is 42.6 Å². The van der Waals surface area contributed by atoms with Gasteiger partial charge in [0.2, 0.25) is 11.8 Å². The number of nitrogen functional groups attached to an aromatic ring is 1. The van der Waals surface area contributed by atoms with Gasteiger partial charge in [0.1, 0.15) is 11.8 Å². The lowest BCUT2D eigenvalue weighted by atomic mass is 9.95. The van der Waals surface area contributed by atoms with E-state index in [-0.39, 0.29) is 17.9 Å². The standard InChI is InChI=1S/C28H32N4O3/c29-24-10-4-5-11-25(24)32-26(33)17-14-20-12-15-21(16-13-20)27(30-19-23-9-6-18-35-23)28(34)31-22-7-2-1-3-8-22/h4-6,9-18,22,27,30H,1-3,7-8,19,29H2,(H,31,34)(H,32,33)/b17-14+. The molecule has 0 saturated heterocycles. The van der Waals surface area contributed by atoms with Crippen LogP contribution in [0.2, 0.25) is 0 Å². The van der Waals surface area contributed by atoms with Crippen molar-refractivity contribution in [2.24, 2.45) is 0 Å². The minimum absolute atomic E-state index is 0.0356. The van der Waals surface area contributed by atoms with Crippen LogP contribution >= 0.6 is 0 Å². The molecule has 1 fully saturated rings. The second-order valence-corrected chi connectivity index (χ2v) is 8.81. The van der Waals surface area contributed by atoms with Crippen LogP contribution in [0, 0.1) is 0 Å². The maximum atomic E-state index is 13.2. The minimum atomic E-state index is -0.510. The van der Waals surface area contributed by atoms with Crippen molar-refractivity contribution >= 4 is 29.3 Å². The van der Waals surface area contributed by atoms with Crippen molar-refractivity contribution < 1.29 is 14.0 Å². The fourth-order valence-corrected chi connectivity index (χ4v) is 4.27. The number of furan rings is 1. The lowest BCUT2D eigenvalue weighted by molar-refractivity contribution is -0.124. The van der Waals surface area contributed by atoms with E-state index in [1.165, 1.54) is 12.5 Å². The molecule has 2 amide bonds. The maximum Gasteiger partial charge on any atom is 0.248 e. The van der Waals surface area contributed by atoms with E-state index in [2.05, 4.69) is 16.0 Å². The van der Waals surface area contributed by atoms with E-state index in [1.807, 2.05) is 48.5 Å². The Bertz CT molecular complexity index is 1130. The summed E-state index contributed by atoms with van der Waals surface area (Å²) in [6.07, 6.45) is 10.4. The molecule has 0 radical (unpaired) electrons. The molecule has 35 heavy (non-hydrogen) atoms. The number of hydrogen-bond acceptors (Lipinski definition) is 5. The van der Waals surface area contributed by atoms with Crippen molar-refractivity contribution in [2.45, 2.75) is 50.7 Å². The first-order valence-electron chi connectivity index (χ1n) is 12.1. The molecule has 182 valence electrons. The average Bonchev–Trinajstić information content (AvgIpc) is 3.39. The summed E-state index contributed by atoms with van der Waals surface area (Å²) in [6.45, 7) is 0.445. The molecular weight excluding hydrogens is 440 g/mol. The first kappa shape index (κ1) is 24.3. The van der Waals surface area contributed by atoms with Gasteiger partial charge in [-0.2, -0.15) is 0 Å². The predicted molar refractivity (Wildman–Crippen MR) is 138 cm³/mol. The van der Waals surface area contributed by atoms with Crippen LogP contribution in [0.5, 0.6) is 0 Å². The van der Waals surface area contributed by atoms with Gasteiger partial charge in [-0.1, -0.05) is 55.7 Å². The predicted octanol–water partition coefficient (Wildman–Crippen LogP) is 4.79.